The molecule has 2 nitrogen and oxygen atoms in total. The number of carbonyl (C=O) groups is 1. The highest BCUT2D eigenvalue weighted by atomic mass is 79.9. The molecule has 106 valence electrons. The first-order valence-electron chi connectivity index (χ1n) is 6.87. The summed E-state index contributed by atoms with van der Waals surface area (Å²) in [5, 5.41) is 4.05. The van der Waals surface area contributed by atoms with E-state index < -0.39 is 0 Å². The molecule has 0 fully saturated rings. The molecule has 1 aromatic rings. The lowest BCUT2D eigenvalue weighted by Crippen LogP contribution is -2.26. The Balaban J connectivity index is 2.55. The van der Waals surface area contributed by atoms with E-state index in [1.165, 1.54) is 5.56 Å². The van der Waals surface area contributed by atoms with Crippen molar-refractivity contribution >= 4 is 21.8 Å². The summed E-state index contributed by atoms with van der Waals surface area (Å²) < 4.78 is 0. The first-order chi connectivity index (χ1) is 8.95. The number of aryl methyl sites for hydroxylation is 3. The maximum Gasteiger partial charge on any atom is 0.251 e. The fourth-order valence-electron chi connectivity index (χ4n) is 2.36. The van der Waals surface area contributed by atoms with Crippen molar-refractivity contribution in [3.8, 4) is 0 Å². The molecule has 0 aliphatic carbocycles. The van der Waals surface area contributed by atoms with Crippen LogP contribution in [0.5, 0.6) is 0 Å². The van der Waals surface area contributed by atoms with E-state index >= 15 is 0 Å². The van der Waals surface area contributed by atoms with Crippen molar-refractivity contribution in [3.05, 3.63) is 34.4 Å². The fraction of sp³-hybridized carbons (Fsp3) is 0.562. The van der Waals surface area contributed by atoms with E-state index in [-0.39, 0.29) is 5.91 Å². The molecule has 0 aromatic heterocycles. The normalized spacial score (nSPS) is 12.3. The molecule has 1 aromatic carbocycles. The Morgan fingerprint density at radius 2 is 1.84 bits per heavy atom. The Morgan fingerprint density at radius 3 is 2.37 bits per heavy atom. The predicted molar refractivity (Wildman–Crippen MR) is 85.2 cm³/mol. The molecule has 0 bridgehead atoms. The Bertz CT molecular complexity index is 419. The van der Waals surface area contributed by atoms with Crippen molar-refractivity contribution in [3.63, 3.8) is 0 Å². The zero-order valence-corrected chi connectivity index (χ0v) is 13.9. The van der Waals surface area contributed by atoms with Crippen LogP contribution in [0, 0.1) is 26.7 Å². The highest BCUT2D eigenvalue weighted by Gasteiger charge is 2.12. The Kier molecular flexibility index (Phi) is 6.56. The summed E-state index contributed by atoms with van der Waals surface area (Å²) in [4.78, 5) is 12.2. The van der Waals surface area contributed by atoms with Crippen LogP contribution in [0.4, 0.5) is 0 Å². The van der Waals surface area contributed by atoms with Gasteiger partial charge in [0.05, 0.1) is 0 Å². The third-order valence-corrected chi connectivity index (χ3v) is 4.43. The topological polar surface area (TPSA) is 29.1 Å². The van der Waals surface area contributed by atoms with Crippen LogP contribution in [0.3, 0.4) is 0 Å². The number of benzene rings is 1. The molecule has 0 aliphatic rings. The lowest BCUT2D eigenvalue weighted by molar-refractivity contribution is 0.0951. The molecule has 1 rings (SSSR count). The van der Waals surface area contributed by atoms with Crippen LogP contribution in [0.25, 0.3) is 0 Å². The van der Waals surface area contributed by atoms with E-state index in [9.17, 15) is 4.79 Å². The first kappa shape index (κ1) is 16.2. The SMILES string of the molecule is Cc1cc(C)c(C(=O)NCCCC(C)CBr)c(C)c1. The van der Waals surface area contributed by atoms with Crippen LogP contribution >= 0.6 is 15.9 Å². The van der Waals surface area contributed by atoms with Gasteiger partial charge in [0.15, 0.2) is 0 Å². The van der Waals surface area contributed by atoms with Gasteiger partial charge in [-0.25, -0.2) is 0 Å². The van der Waals surface area contributed by atoms with Crippen LogP contribution in [-0.4, -0.2) is 17.8 Å². The van der Waals surface area contributed by atoms with Gasteiger partial charge in [0.1, 0.15) is 0 Å². The summed E-state index contributed by atoms with van der Waals surface area (Å²) in [6, 6.07) is 4.13. The molecule has 0 heterocycles. The van der Waals surface area contributed by atoms with Crippen molar-refractivity contribution in [1.29, 1.82) is 0 Å². The van der Waals surface area contributed by atoms with Crippen LogP contribution in [0.1, 0.15) is 46.8 Å². The van der Waals surface area contributed by atoms with E-state index in [0.717, 1.165) is 41.4 Å². The van der Waals surface area contributed by atoms with Crippen molar-refractivity contribution in [2.75, 3.05) is 11.9 Å². The second kappa shape index (κ2) is 7.68. The second-order valence-electron chi connectivity index (χ2n) is 5.43. The monoisotopic (exact) mass is 325 g/mol. The highest BCUT2D eigenvalue weighted by Crippen LogP contribution is 2.16. The number of carbonyl (C=O) groups excluding carboxylic acids is 1. The third-order valence-electron chi connectivity index (χ3n) is 3.33. The van der Waals surface area contributed by atoms with Gasteiger partial charge in [-0.15, -0.1) is 0 Å². The summed E-state index contributed by atoms with van der Waals surface area (Å²) in [6.07, 6.45) is 2.17. The number of nitrogens with one attached hydrogen (secondary N) is 1. The van der Waals surface area contributed by atoms with E-state index in [2.05, 4.69) is 47.2 Å². The van der Waals surface area contributed by atoms with E-state index in [4.69, 9.17) is 0 Å². The maximum absolute atomic E-state index is 12.2. The predicted octanol–water partition coefficient (Wildman–Crippen LogP) is 4.15. The largest absolute Gasteiger partial charge is 0.352 e. The molecule has 0 radical (unpaired) electrons. The minimum atomic E-state index is 0.0569. The minimum absolute atomic E-state index is 0.0569. The number of halogens is 1. The van der Waals surface area contributed by atoms with Crippen molar-refractivity contribution in [2.45, 2.75) is 40.5 Å². The van der Waals surface area contributed by atoms with Crippen molar-refractivity contribution < 1.29 is 4.79 Å². The molecular formula is C16H24BrNO. The zero-order valence-electron chi connectivity index (χ0n) is 12.3. The molecule has 1 atom stereocenters. The van der Waals surface area contributed by atoms with Gasteiger partial charge in [0, 0.05) is 17.4 Å². The van der Waals surface area contributed by atoms with E-state index in [1.807, 2.05) is 13.8 Å². The molecule has 1 amide bonds. The quantitative estimate of drug-likeness (QED) is 0.617. The molecule has 0 saturated carbocycles. The third kappa shape index (κ3) is 4.98. The summed E-state index contributed by atoms with van der Waals surface area (Å²) in [7, 11) is 0. The number of hydrogen-bond donors (Lipinski definition) is 1. The number of amides is 1. The number of hydrogen-bond acceptors (Lipinski definition) is 1. The van der Waals surface area contributed by atoms with Gasteiger partial charge < -0.3 is 5.32 Å². The standard InChI is InChI=1S/C16H24BrNO/c1-11(10-17)6-5-7-18-16(19)15-13(3)8-12(2)9-14(15)4/h8-9,11H,5-7,10H2,1-4H3,(H,18,19). The lowest BCUT2D eigenvalue weighted by atomic mass is 9.99. The summed E-state index contributed by atoms with van der Waals surface area (Å²) in [5.74, 6) is 0.723. The Morgan fingerprint density at radius 1 is 1.26 bits per heavy atom. The lowest BCUT2D eigenvalue weighted by Gasteiger charge is -2.12. The van der Waals surface area contributed by atoms with E-state index in [0.29, 0.717) is 5.92 Å². The van der Waals surface area contributed by atoms with Gasteiger partial charge in [-0.2, -0.15) is 0 Å². The molecule has 1 N–H and O–H groups in total. The molecule has 0 spiro atoms. The van der Waals surface area contributed by atoms with Crippen LogP contribution in [-0.2, 0) is 0 Å². The van der Waals surface area contributed by atoms with Crippen LogP contribution < -0.4 is 5.32 Å². The molecule has 0 aliphatic heterocycles. The van der Waals surface area contributed by atoms with Gasteiger partial charge in [-0.05, 0) is 50.7 Å². The zero-order chi connectivity index (χ0) is 14.4. The Labute approximate surface area is 125 Å². The van der Waals surface area contributed by atoms with E-state index in [1.54, 1.807) is 0 Å². The molecule has 0 saturated heterocycles. The second-order valence-corrected chi connectivity index (χ2v) is 6.08. The van der Waals surface area contributed by atoms with Crippen molar-refractivity contribution in [1.82, 2.24) is 5.32 Å². The molecular weight excluding hydrogens is 302 g/mol. The summed E-state index contributed by atoms with van der Waals surface area (Å²) in [5.41, 5.74) is 4.16. The summed E-state index contributed by atoms with van der Waals surface area (Å²) in [6.45, 7) is 9.03. The maximum atomic E-state index is 12.2. The fourth-order valence-corrected chi connectivity index (χ4v) is 2.68. The van der Waals surface area contributed by atoms with Gasteiger partial charge in [0.2, 0.25) is 0 Å². The van der Waals surface area contributed by atoms with Crippen LogP contribution in [0.2, 0.25) is 0 Å². The first-order valence-corrected chi connectivity index (χ1v) is 7.99. The Hall–Kier alpha value is -0.830. The average Bonchev–Trinajstić information content (AvgIpc) is 2.33. The average molecular weight is 326 g/mol. The minimum Gasteiger partial charge on any atom is -0.352 e. The molecule has 1 unspecified atom stereocenters. The molecule has 3 heteroatoms. The van der Waals surface area contributed by atoms with Gasteiger partial charge in [-0.3, -0.25) is 4.79 Å². The molecule has 19 heavy (non-hydrogen) atoms. The van der Waals surface area contributed by atoms with Crippen molar-refractivity contribution in [2.24, 2.45) is 5.92 Å². The van der Waals surface area contributed by atoms with Gasteiger partial charge >= 0.3 is 0 Å². The number of rotatable bonds is 6. The highest BCUT2D eigenvalue weighted by molar-refractivity contribution is 9.09. The smallest absolute Gasteiger partial charge is 0.251 e. The van der Waals surface area contributed by atoms with Gasteiger partial charge in [-0.1, -0.05) is 40.5 Å². The number of alkyl halides is 1. The summed E-state index contributed by atoms with van der Waals surface area (Å²) >= 11 is 3.47. The van der Waals surface area contributed by atoms with Crippen LogP contribution in [0.15, 0.2) is 12.1 Å². The van der Waals surface area contributed by atoms with Gasteiger partial charge in [0.25, 0.3) is 5.91 Å².